The van der Waals surface area contributed by atoms with Gasteiger partial charge < -0.3 is 9.64 Å². The Bertz CT molecular complexity index is 1110. The van der Waals surface area contributed by atoms with Gasteiger partial charge in [0.1, 0.15) is 11.9 Å². The molecule has 0 unspecified atom stereocenters. The van der Waals surface area contributed by atoms with Gasteiger partial charge >= 0.3 is 0 Å². The Hall–Kier alpha value is -1.87. The van der Waals surface area contributed by atoms with Crippen LogP contribution in [0.5, 0.6) is 5.75 Å². The fraction of sp³-hybridized carbons (Fsp3) is 0.500. The highest BCUT2D eigenvalue weighted by atomic mass is 35.5. The average Bonchev–Trinajstić information content (AvgIpc) is 2.82. The number of piperidine rings is 1. The van der Waals surface area contributed by atoms with Gasteiger partial charge in [0, 0.05) is 37.3 Å². The molecule has 1 amide bonds. The number of pyridine rings is 1. The molecule has 2 heterocycles. The molecular formula is C24H29Cl2N3O4S. The minimum atomic E-state index is -3.95. The van der Waals surface area contributed by atoms with E-state index in [1.807, 2.05) is 13.0 Å². The molecule has 0 atom stereocenters. The largest absolute Gasteiger partial charge is 0.490 e. The van der Waals surface area contributed by atoms with Crippen LogP contribution in [0, 0.1) is 12.8 Å². The zero-order valence-electron chi connectivity index (χ0n) is 19.0. The second kappa shape index (κ2) is 10.8. The van der Waals surface area contributed by atoms with Crippen LogP contribution in [-0.4, -0.2) is 49.4 Å². The lowest BCUT2D eigenvalue weighted by Crippen LogP contribution is -2.46. The molecule has 1 N–H and O–H groups in total. The minimum Gasteiger partial charge on any atom is -0.490 e. The number of nitrogens with zero attached hydrogens (tertiary/aromatic N) is 2. The number of rotatable bonds is 6. The molecule has 4 rings (SSSR count). The summed E-state index contributed by atoms with van der Waals surface area (Å²) in [4.78, 5) is 19.0. The number of aromatic nitrogens is 1. The van der Waals surface area contributed by atoms with Gasteiger partial charge in [-0.25, -0.2) is 9.71 Å². The lowest BCUT2D eigenvalue weighted by Gasteiger charge is -2.40. The number of halogens is 2. The Labute approximate surface area is 210 Å². The van der Waals surface area contributed by atoms with Gasteiger partial charge in [-0.2, -0.15) is 8.42 Å². The zero-order valence-corrected chi connectivity index (χ0v) is 21.4. The summed E-state index contributed by atoms with van der Waals surface area (Å²) in [5.41, 5.74) is 0.855. The van der Waals surface area contributed by atoms with Crippen LogP contribution in [0.3, 0.4) is 0 Å². The Kier molecular flexibility index (Phi) is 8.02. The highest BCUT2D eigenvalue weighted by Crippen LogP contribution is 2.32. The molecule has 0 radical (unpaired) electrons. The summed E-state index contributed by atoms with van der Waals surface area (Å²) in [7, 11) is -3.95. The summed E-state index contributed by atoms with van der Waals surface area (Å²) in [6.07, 6.45) is 6.54. The van der Waals surface area contributed by atoms with Crippen molar-refractivity contribution in [1.82, 2.24) is 14.6 Å². The second-order valence-electron chi connectivity index (χ2n) is 9.08. The van der Waals surface area contributed by atoms with Crippen LogP contribution in [0.1, 0.15) is 44.1 Å². The average molecular weight is 526 g/mol. The SMILES string of the molecule is Cc1ccc(S(=O)(=O)NC(=O)[C@H]2CC[C@H](N3CCC(Oc4ccc(Cl)c(Cl)c4)CC3)CC2)nc1. The molecule has 0 bridgehead atoms. The number of hydrogen-bond acceptors (Lipinski definition) is 6. The Morgan fingerprint density at radius 3 is 2.35 bits per heavy atom. The van der Waals surface area contributed by atoms with E-state index in [1.165, 1.54) is 12.3 Å². The smallest absolute Gasteiger partial charge is 0.281 e. The Morgan fingerprint density at radius 1 is 1.03 bits per heavy atom. The van der Waals surface area contributed by atoms with Crippen molar-refractivity contribution in [2.45, 2.75) is 62.6 Å². The molecule has 1 saturated carbocycles. The van der Waals surface area contributed by atoms with E-state index in [9.17, 15) is 13.2 Å². The van der Waals surface area contributed by atoms with Crippen LogP contribution in [-0.2, 0) is 14.8 Å². The maximum absolute atomic E-state index is 12.6. The molecule has 2 aromatic rings. The van der Waals surface area contributed by atoms with Gasteiger partial charge in [0.05, 0.1) is 10.0 Å². The lowest BCUT2D eigenvalue weighted by atomic mass is 9.84. The number of ether oxygens (including phenoxy) is 1. The van der Waals surface area contributed by atoms with E-state index in [0.29, 0.717) is 28.9 Å². The van der Waals surface area contributed by atoms with Crippen molar-refractivity contribution >= 4 is 39.1 Å². The number of benzene rings is 1. The van der Waals surface area contributed by atoms with Gasteiger partial charge in [0.15, 0.2) is 5.03 Å². The van der Waals surface area contributed by atoms with Crippen LogP contribution < -0.4 is 9.46 Å². The quantitative estimate of drug-likeness (QED) is 0.592. The summed E-state index contributed by atoms with van der Waals surface area (Å²) in [6.45, 7) is 3.69. The predicted octanol–water partition coefficient (Wildman–Crippen LogP) is 4.60. The maximum Gasteiger partial charge on any atom is 0.281 e. The zero-order chi connectivity index (χ0) is 24.3. The molecule has 0 spiro atoms. The van der Waals surface area contributed by atoms with E-state index in [4.69, 9.17) is 27.9 Å². The molecule has 1 saturated heterocycles. The number of hydrogen-bond donors (Lipinski definition) is 1. The minimum absolute atomic E-state index is 0.133. The van der Waals surface area contributed by atoms with Crippen LogP contribution >= 0.6 is 23.2 Å². The summed E-state index contributed by atoms with van der Waals surface area (Å²) >= 11 is 12.0. The number of amides is 1. The van der Waals surface area contributed by atoms with Crippen molar-refractivity contribution in [3.63, 3.8) is 0 Å². The monoisotopic (exact) mass is 525 g/mol. The van der Waals surface area contributed by atoms with E-state index in [-0.39, 0.29) is 17.0 Å². The second-order valence-corrected chi connectivity index (χ2v) is 11.5. The Balaban J connectivity index is 1.23. The molecule has 1 aliphatic heterocycles. The van der Waals surface area contributed by atoms with Crippen molar-refractivity contribution < 1.29 is 17.9 Å². The first-order valence-electron chi connectivity index (χ1n) is 11.6. The van der Waals surface area contributed by atoms with E-state index in [2.05, 4.69) is 14.6 Å². The molecule has 2 fully saturated rings. The van der Waals surface area contributed by atoms with Crippen LogP contribution in [0.2, 0.25) is 10.0 Å². The fourth-order valence-corrected chi connectivity index (χ4v) is 5.95. The van der Waals surface area contributed by atoms with Crippen LogP contribution in [0.15, 0.2) is 41.6 Å². The highest BCUT2D eigenvalue weighted by molar-refractivity contribution is 7.90. The first-order valence-corrected chi connectivity index (χ1v) is 13.8. The summed E-state index contributed by atoms with van der Waals surface area (Å²) in [5.74, 6) is -0.00304. The van der Waals surface area contributed by atoms with E-state index >= 15 is 0 Å². The standard InChI is InChI=1S/C24H29Cl2N3O4S/c1-16-2-9-23(27-15-16)34(31,32)28-24(30)17-3-5-18(6-4-17)29-12-10-19(11-13-29)33-20-7-8-21(25)22(26)14-20/h2,7-9,14-15,17-19H,3-6,10-13H2,1H3,(H,28,30)/t17-,18-. The van der Waals surface area contributed by atoms with Crippen LogP contribution in [0.25, 0.3) is 0 Å². The topological polar surface area (TPSA) is 88.6 Å². The van der Waals surface area contributed by atoms with Gasteiger partial charge in [0.25, 0.3) is 10.0 Å². The van der Waals surface area contributed by atoms with E-state index < -0.39 is 15.9 Å². The third-order valence-corrected chi connectivity index (χ3v) is 8.65. The third kappa shape index (κ3) is 6.22. The molecule has 1 aromatic heterocycles. The Morgan fingerprint density at radius 2 is 1.74 bits per heavy atom. The number of carbonyl (C=O) groups excluding carboxylic acids is 1. The molecule has 1 aliphatic carbocycles. The van der Waals surface area contributed by atoms with Crippen LogP contribution in [0.4, 0.5) is 0 Å². The van der Waals surface area contributed by atoms with Crippen molar-refractivity contribution in [2.75, 3.05) is 13.1 Å². The lowest BCUT2D eigenvalue weighted by molar-refractivity contribution is -0.124. The summed E-state index contributed by atoms with van der Waals surface area (Å²) in [5, 5.41) is 0.865. The number of likely N-dealkylation sites (tertiary alicyclic amines) is 1. The molecule has 10 heteroatoms. The van der Waals surface area contributed by atoms with E-state index in [0.717, 1.165) is 50.1 Å². The van der Waals surface area contributed by atoms with E-state index in [1.54, 1.807) is 18.2 Å². The number of aryl methyl sites for hydroxylation is 1. The fourth-order valence-electron chi connectivity index (χ4n) is 4.69. The van der Waals surface area contributed by atoms with Gasteiger partial charge in [-0.05, 0) is 69.2 Å². The molecule has 184 valence electrons. The maximum atomic E-state index is 12.6. The van der Waals surface area contributed by atoms with Gasteiger partial charge in [-0.1, -0.05) is 29.3 Å². The summed E-state index contributed by atoms with van der Waals surface area (Å²) < 4.78 is 33.2. The first-order chi connectivity index (χ1) is 16.2. The predicted molar refractivity (Wildman–Crippen MR) is 132 cm³/mol. The molecule has 2 aliphatic rings. The number of sulfonamides is 1. The van der Waals surface area contributed by atoms with Gasteiger partial charge in [0.2, 0.25) is 5.91 Å². The van der Waals surface area contributed by atoms with Gasteiger partial charge in [-0.3, -0.25) is 4.79 Å². The van der Waals surface area contributed by atoms with Crippen molar-refractivity contribution in [1.29, 1.82) is 0 Å². The molecular weight excluding hydrogens is 497 g/mol. The first kappa shape index (κ1) is 25.2. The number of nitrogens with one attached hydrogen (secondary N) is 1. The van der Waals surface area contributed by atoms with Crippen molar-refractivity contribution in [2.24, 2.45) is 5.92 Å². The van der Waals surface area contributed by atoms with Crippen molar-refractivity contribution in [3.05, 3.63) is 52.1 Å². The highest BCUT2D eigenvalue weighted by Gasteiger charge is 2.33. The van der Waals surface area contributed by atoms with Gasteiger partial charge in [-0.15, -0.1) is 0 Å². The normalized spacial score (nSPS) is 22.3. The molecule has 7 nitrogen and oxygen atoms in total. The number of carbonyl (C=O) groups is 1. The molecule has 1 aromatic carbocycles. The van der Waals surface area contributed by atoms with Crippen molar-refractivity contribution in [3.8, 4) is 5.75 Å². The third-order valence-electron chi connectivity index (χ3n) is 6.65. The molecule has 34 heavy (non-hydrogen) atoms. The summed E-state index contributed by atoms with van der Waals surface area (Å²) in [6, 6.07) is 8.81.